The molecule has 3 nitrogen and oxygen atoms in total. The molecule has 3 atom stereocenters. The molecule has 2 fully saturated rings. The van der Waals surface area contributed by atoms with Gasteiger partial charge in [-0.1, -0.05) is 19.8 Å². The summed E-state index contributed by atoms with van der Waals surface area (Å²) in [6.45, 7) is 3.25. The smallest absolute Gasteiger partial charge is 0.125 e. The molecule has 3 unspecified atom stereocenters. The predicted molar refractivity (Wildman–Crippen MR) is 68.4 cm³/mol. The minimum atomic E-state index is 0.171. The summed E-state index contributed by atoms with van der Waals surface area (Å²) in [5, 5.41) is 0. The van der Waals surface area contributed by atoms with Gasteiger partial charge in [0, 0.05) is 18.9 Å². The first-order chi connectivity index (χ1) is 8.33. The van der Waals surface area contributed by atoms with Gasteiger partial charge in [-0.25, -0.2) is 4.98 Å². The number of nitrogens with zero attached hydrogens (tertiary/aromatic N) is 2. The Labute approximate surface area is 103 Å². The van der Waals surface area contributed by atoms with Crippen molar-refractivity contribution in [2.45, 2.75) is 51.6 Å². The number of imidazole rings is 1. The second-order valence-electron chi connectivity index (χ2n) is 5.69. The average Bonchev–Trinajstić information content (AvgIpc) is 2.90. The summed E-state index contributed by atoms with van der Waals surface area (Å²) in [6.07, 6.45) is 10.7. The molecule has 17 heavy (non-hydrogen) atoms. The number of hydrogen-bond donors (Lipinski definition) is 1. The second kappa shape index (κ2) is 4.45. The Morgan fingerprint density at radius 1 is 1.41 bits per heavy atom. The molecule has 1 aromatic rings. The van der Waals surface area contributed by atoms with Crippen molar-refractivity contribution >= 4 is 0 Å². The molecular formula is C14H23N3. The molecular weight excluding hydrogens is 210 g/mol. The highest BCUT2D eigenvalue weighted by atomic mass is 15.1. The molecule has 2 aliphatic carbocycles. The second-order valence-corrected chi connectivity index (χ2v) is 5.69. The third-order valence-electron chi connectivity index (χ3n) is 4.65. The van der Waals surface area contributed by atoms with Gasteiger partial charge < -0.3 is 10.3 Å². The zero-order chi connectivity index (χ0) is 11.8. The number of rotatable bonds is 4. The fourth-order valence-electron chi connectivity index (χ4n) is 3.80. The lowest BCUT2D eigenvalue weighted by atomic mass is 10.0. The molecule has 0 bridgehead atoms. The fourth-order valence-corrected chi connectivity index (χ4v) is 3.80. The molecule has 94 valence electrons. The summed E-state index contributed by atoms with van der Waals surface area (Å²) in [6, 6.07) is 0.171. The van der Waals surface area contributed by atoms with Gasteiger partial charge in [-0.3, -0.25) is 0 Å². The van der Waals surface area contributed by atoms with Crippen molar-refractivity contribution in [3.63, 3.8) is 0 Å². The van der Waals surface area contributed by atoms with E-state index in [9.17, 15) is 0 Å². The highest BCUT2D eigenvalue weighted by Crippen LogP contribution is 2.59. The van der Waals surface area contributed by atoms with Gasteiger partial charge in [0.05, 0.1) is 6.04 Å². The Hall–Kier alpha value is -0.830. The summed E-state index contributed by atoms with van der Waals surface area (Å²) >= 11 is 0. The first kappa shape index (κ1) is 11.3. The van der Waals surface area contributed by atoms with Gasteiger partial charge in [-0.15, -0.1) is 0 Å². The molecule has 0 aromatic carbocycles. The molecule has 1 heterocycles. The molecule has 1 aromatic heterocycles. The van der Waals surface area contributed by atoms with Crippen LogP contribution in [0.25, 0.3) is 0 Å². The van der Waals surface area contributed by atoms with Crippen LogP contribution in [0.2, 0.25) is 0 Å². The largest absolute Gasteiger partial charge is 0.334 e. The van der Waals surface area contributed by atoms with Crippen molar-refractivity contribution in [3.05, 3.63) is 18.2 Å². The Balaban J connectivity index is 1.73. The average molecular weight is 233 g/mol. The Morgan fingerprint density at radius 2 is 2.12 bits per heavy atom. The van der Waals surface area contributed by atoms with E-state index in [2.05, 4.69) is 22.7 Å². The van der Waals surface area contributed by atoms with E-state index in [1.807, 2.05) is 6.20 Å². The Morgan fingerprint density at radius 3 is 2.76 bits per heavy atom. The molecule has 0 spiro atoms. The van der Waals surface area contributed by atoms with Crippen molar-refractivity contribution in [2.24, 2.45) is 23.5 Å². The van der Waals surface area contributed by atoms with Crippen LogP contribution in [0.5, 0.6) is 0 Å². The first-order valence-corrected chi connectivity index (χ1v) is 7.09. The van der Waals surface area contributed by atoms with Crippen LogP contribution in [0.3, 0.4) is 0 Å². The van der Waals surface area contributed by atoms with Crippen LogP contribution in [0.15, 0.2) is 12.4 Å². The molecule has 0 amide bonds. The van der Waals surface area contributed by atoms with Gasteiger partial charge >= 0.3 is 0 Å². The third-order valence-corrected chi connectivity index (χ3v) is 4.65. The minimum absolute atomic E-state index is 0.171. The minimum Gasteiger partial charge on any atom is -0.334 e. The van der Waals surface area contributed by atoms with E-state index in [4.69, 9.17) is 5.73 Å². The molecule has 3 heteroatoms. The van der Waals surface area contributed by atoms with Crippen molar-refractivity contribution in [2.75, 3.05) is 0 Å². The SMILES string of the molecule is CCCn1ccnc1C(N)C1C2CCCCC21. The van der Waals surface area contributed by atoms with Crippen LogP contribution in [-0.4, -0.2) is 9.55 Å². The summed E-state index contributed by atoms with van der Waals surface area (Å²) in [4.78, 5) is 4.49. The van der Waals surface area contributed by atoms with Crippen LogP contribution < -0.4 is 5.73 Å². The molecule has 3 rings (SSSR count). The Kier molecular flexibility index (Phi) is 2.95. The normalized spacial score (nSPS) is 33.2. The molecule has 0 radical (unpaired) electrons. The van der Waals surface area contributed by atoms with Crippen molar-refractivity contribution in [1.29, 1.82) is 0 Å². The van der Waals surface area contributed by atoms with Crippen LogP contribution in [-0.2, 0) is 6.54 Å². The van der Waals surface area contributed by atoms with E-state index >= 15 is 0 Å². The van der Waals surface area contributed by atoms with E-state index in [-0.39, 0.29) is 6.04 Å². The number of aromatic nitrogens is 2. The third kappa shape index (κ3) is 1.90. The first-order valence-electron chi connectivity index (χ1n) is 7.09. The summed E-state index contributed by atoms with van der Waals surface area (Å²) in [5.74, 6) is 3.65. The summed E-state index contributed by atoms with van der Waals surface area (Å²) in [5.41, 5.74) is 6.45. The summed E-state index contributed by atoms with van der Waals surface area (Å²) < 4.78 is 2.25. The number of nitrogens with two attached hydrogens (primary N) is 1. The molecule has 0 saturated heterocycles. The van der Waals surface area contributed by atoms with Gasteiger partial charge in [0.25, 0.3) is 0 Å². The molecule has 2 saturated carbocycles. The monoisotopic (exact) mass is 233 g/mol. The maximum absolute atomic E-state index is 6.45. The van der Waals surface area contributed by atoms with Crippen molar-refractivity contribution in [3.8, 4) is 0 Å². The quantitative estimate of drug-likeness (QED) is 0.869. The topological polar surface area (TPSA) is 43.8 Å². The van der Waals surface area contributed by atoms with Crippen molar-refractivity contribution < 1.29 is 0 Å². The molecule has 2 aliphatic rings. The lowest BCUT2D eigenvalue weighted by Gasteiger charge is -2.13. The van der Waals surface area contributed by atoms with E-state index in [0.717, 1.165) is 36.5 Å². The van der Waals surface area contributed by atoms with Crippen molar-refractivity contribution in [1.82, 2.24) is 9.55 Å². The number of aryl methyl sites for hydroxylation is 1. The van der Waals surface area contributed by atoms with Gasteiger partial charge in [-0.2, -0.15) is 0 Å². The zero-order valence-electron chi connectivity index (χ0n) is 10.7. The lowest BCUT2D eigenvalue weighted by Crippen LogP contribution is -2.20. The maximum atomic E-state index is 6.45. The van der Waals surface area contributed by atoms with Gasteiger partial charge in [0.15, 0.2) is 0 Å². The molecule has 0 aliphatic heterocycles. The lowest BCUT2D eigenvalue weighted by molar-refractivity contribution is 0.480. The predicted octanol–water partition coefficient (Wildman–Crippen LogP) is 2.73. The fraction of sp³-hybridized carbons (Fsp3) is 0.786. The maximum Gasteiger partial charge on any atom is 0.125 e. The number of hydrogen-bond acceptors (Lipinski definition) is 2. The van der Waals surface area contributed by atoms with E-state index < -0.39 is 0 Å². The van der Waals surface area contributed by atoms with Crippen LogP contribution >= 0.6 is 0 Å². The van der Waals surface area contributed by atoms with Crippen LogP contribution in [0.4, 0.5) is 0 Å². The highest BCUT2D eigenvalue weighted by Gasteiger charge is 2.54. The van der Waals surface area contributed by atoms with E-state index in [0.29, 0.717) is 0 Å². The summed E-state index contributed by atoms with van der Waals surface area (Å²) in [7, 11) is 0. The van der Waals surface area contributed by atoms with Gasteiger partial charge in [-0.05, 0) is 37.0 Å². The van der Waals surface area contributed by atoms with Gasteiger partial charge in [0.1, 0.15) is 5.82 Å². The van der Waals surface area contributed by atoms with Crippen LogP contribution in [0, 0.1) is 17.8 Å². The number of fused-ring (bicyclic) bond motifs is 1. The van der Waals surface area contributed by atoms with E-state index in [1.54, 1.807) is 0 Å². The van der Waals surface area contributed by atoms with Crippen LogP contribution in [0.1, 0.15) is 50.9 Å². The molecule has 2 N–H and O–H groups in total. The Bertz CT molecular complexity index is 373. The highest BCUT2D eigenvalue weighted by molar-refractivity contribution is 5.11. The van der Waals surface area contributed by atoms with E-state index in [1.165, 1.54) is 25.7 Å². The zero-order valence-corrected chi connectivity index (χ0v) is 10.7. The standard InChI is InChI=1S/C14H23N3/c1-2-8-17-9-7-16-14(17)13(15)12-10-5-3-4-6-11(10)12/h7,9-13H,2-6,8,15H2,1H3. The van der Waals surface area contributed by atoms with Gasteiger partial charge in [0.2, 0.25) is 0 Å².